The van der Waals surface area contributed by atoms with E-state index in [0.29, 0.717) is 6.61 Å². The third-order valence-electron chi connectivity index (χ3n) is 5.88. The van der Waals surface area contributed by atoms with Crippen LogP contribution in [0, 0.1) is 23.7 Å². The second-order valence-electron chi connectivity index (χ2n) is 7.21. The molecular weight excluding hydrogens is 272 g/mol. The molecule has 2 fully saturated rings. The van der Waals surface area contributed by atoms with Crippen LogP contribution in [0.5, 0.6) is 0 Å². The van der Waals surface area contributed by atoms with Gasteiger partial charge in [-0.05, 0) is 75.0 Å². The standard InChI is InChI=1S/C20H32O2/c1-3-16-7-11-18(12-8-16)19-13-9-17(10-14-19)6-5-15-22-20(21)4-2/h3-4,16-19H,1-2,5-15H2. The average molecular weight is 304 g/mol. The van der Waals surface area contributed by atoms with Crippen molar-refractivity contribution >= 4 is 5.97 Å². The minimum atomic E-state index is -0.293. The van der Waals surface area contributed by atoms with E-state index in [1.807, 2.05) is 0 Å². The Morgan fingerprint density at radius 2 is 1.55 bits per heavy atom. The molecule has 0 amide bonds. The Kier molecular flexibility index (Phi) is 7.21. The van der Waals surface area contributed by atoms with E-state index in [9.17, 15) is 4.79 Å². The molecule has 0 aromatic carbocycles. The Bertz CT molecular complexity index is 358. The second kappa shape index (κ2) is 9.17. The van der Waals surface area contributed by atoms with Gasteiger partial charge in [-0.25, -0.2) is 4.79 Å². The van der Waals surface area contributed by atoms with Crippen LogP contribution in [0.4, 0.5) is 0 Å². The lowest BCUT2D eigenvalue weighted by molar-refractivity contribution is -0.137. The van der Waals surface area contributed by atoms with Crippen LogP contribution in [0.1, 0.15) is 64.2 Å². The number of carbonyl (C=O) groups excluding carboxylic acids is 1. The zero-order valence-electron chi connectivity index (χ0n) is 14.0. The number of rotatable bonds is 7. The zero-order valence-corrected chi connectivity index (χ0v) is 14.0. The van der Waals surface area contributed by atoms with Gasteiger partial charge in [0.05, 0.1) is 6.61 Å². The fourth-order valence-corrected chi connectivity index (χ4v) is 4.40. The van der Waals surface area contributed by atoms with Crippen molar-refractivity contribution in [3.8, 4) is 0 Å². The number of hydrogen-bond acceptors (Lipinski definition) is 2. The van der Waals surface area contributed by atoms with Gasteiger partial charge in [-0.1, -0.05) is 25.5 Å². The van der Waals surface area contributed by atoms with Gasteiger partial charge in [-0.15, -0.1) is 6.58 Å². The second-order valence-corrected chi connectivity index (χ2v) is 7.21. The zero-order chi connectivity index (χ0) is 15.8. The van der Waals surface area contributed by atoms with Crippen LogP contribution in [-0.4, -0.2) is 12.6 Å². The van der Waals surface area contributed by atoms with Crippen LogP contribution in [-0.2, 0) is 9.53 Å². The van der Waals surface area contributed by atoms with Gasteiger partial charge in [0.15, 0.2) is 0 Å². The van der Waals surface area contributed by atoms with Crippen molar-refractivity contribution in [2.24, 2.45) is 23.7 Å². The van der Waals surface area contributed by atoms with Crippen LogP contribution in [0.3, 0.4) is 0 Å². The summed E-state index contributed by atoms with van der Waals surface area (Å²) in [4.78, 5) is 11.0. The SMILES string of the molecule is C=CC(=O)OCCCC1CCC(C2CCC(C=C)CC2)CC1. The largest absolute Gasteiger partial charge is 0.463 e. The molecule has 0 aromatic rings. The van der Waals surface area contributed by atoms with Gasteiger partial charge in [0.25, 0.3) is 0 Å². The third-order valence-corrected chi connectivity index (χ3v) is 5.88. The highest BCUT2D eigenvalue weighted by Crippen LogP contribution is 2.42. The first kappa shape index (κ1) is 17.3. The first-order valence-electron chi connectivity index (χ1n) is 9.14. The molecule has 0 heterocycles. The van der Waals surface area contributed by atoms with Gasteiger partial charge >= 0.3 is 5.97 Å². The van der Waals surface area contributed by atoms with Gasteiger partial charge in [-0.2, -0.15) is 0 Å². The number of ether oxygens (including phenoxy) is 1. The van der Waals surface area contributed by atoms with E-state index in [1.165, 1.54) is 63.9 Å². The topological polar surface area (TPSA) is 26.3 Å². The molecule has 2 aliphatic carbocycles. The highest BCUT2D eigenvalue weighted by Gasteiger charge is 2.29. The molecule has 0 aromatic heterocycles. The Balaban J connectivity index is 1.59. The molecule has 2 aliphatic rings. The minimum Gasteiger partial charge on any atom is -0.463 e. The predicted molar refractivity (Wildman–Crippen MR) is 91.5 cm³/mol. The first-order chi connectivity index (χ1) is 10.7. The molecule has 0 saturated heterocycles. The maximum atomic E-state index is 11.0. The average Bonchev–Trinajstić information content (AvgIpc) is 2.59. The summed E-state index contributed by atoms with van der Waals surface area (Å²) in [5, 5.41) is 0. The lowest BCUT2D eigenvalue weighted by Gasteiger charge is -2.37. The van der Waals surface area contributed by atoms with Crippen molar-refractivity contribution in [3.05, 3.63) is 25.3 Å². The van der Waals surface area contributed by atoms with Gasteiger partial charge in [0, 0.05) is 6.08 Å². The van der Waals surface area contributed by atoms with E-state index in [0.717, 1.165) is 30.1 Å². The van der Waals surface area contributed by atoms with E-state index in [2.05, 4.69) is 19.2 Å². The van der Waals surface area contributed by atoms with Crippen LogP contribution < -0.4 is 0 Å². The molecule has 0 unspecified atom stereocenters. The monoisotopic (exact) mass is 304 g/mol. The lowest BCUT2D eigenvalue weighted by atomic mass is 9.69. The van der Waals surface area contributed by atoms with E-state index in [-0.39, 0.29) is 5.97 Å². The van der Waals surface area contributed by atoms with Crippen LogP contribution >= 0.6 is 0 Å². The summed E-state index contributed by atoms with van der Waals surface area (Å²) in [6.45, 7) is 7.91. The molecule has 0 bridgehead atoms. The molecule has 2 saturated carbocycles. The maximum absolute atomic E-state index is 11.0. The molecule has 0 radical (unpaired) electrons. The van der Waals surface area contributed by atoms with Gasteiger partial charge in [0.1, 0.15) is 0 Å². The summed E-state index contributed by atoms with van der Waals surface area (Å²) in [5.74, 6) is 3.29. The molecule has 22 heavy (non-hydrogen) atoms. The molecule has 0 N–H and O–H groups in total. The van der Waals surface area contributed by atoms with E-state index in [1.54, 1.807) is 0 Å². The fourth-order valence-electron chi connectivity index (χ4n) is 4.40. The van der Waals surface area contributed by atoms with Gasteiger partial charge < -0.3 is 4.74 Å². The van der Waals surface area contributed by atoms with Crippen molar-refractivity contribution in [1.29, 1.82) is 0 Å². The molecule has 2 heteroatoms. The van der Waals surface area contributed by atoms with Crippen molar-refractivity contribution in [2.75, 3.05) is 6.61 Å². The summed E-state index contributed by atoms with van der Waals surface area (Å²) in [6, 6.07) is 0. The summed E-state index contributed by atoms with van der Waals surface area (Å²) in [6.07, 6.45) is 16.8. The number of allylic oxidation sites excluding steroid dienone is 1. The van der Waals surface area contributed by atoms with Crippen LogP contribution in [0.25, 0.3) is 0 Å². The Labute approximate surface area is 136 Å². The summed E-state index contributed by atoms with van der Waals surface area (Å²) < 4.78 is 5.05. The number of carbonyl (C=O) groups is 1. The summed E-state index contributed by atoms with van der Waals surface area (Å²) in [7, 11) is 0. The van der Waals surface area contributed by atoms with E-state index >= 15 is 0 Å². The van der Waals surface area contributed by atoms with Crippen molar-refractivity contribution in [3.63, 3.8) is 0 Å². The van der Waals surface area contributed by atoms with Crippen LogP contribution in [0.15, 0.2) is 25.3 Å². The molecule has 0 atom stereocenters. The molecule has 2 rings (SSSR count). The summed E-state index contributed by atoms with van der Waals surface area (Å²) >= 11 is 0. The quantitative estimate of drug-likeness (QED) is 0.276. The Morgan fingerprint density at radius 3 is 2.09 bits per heavy atom. The maximum Gasteiger partial charge on any atom is 0.330 e. The molecule has 0 spiro atoms. The van der Waals surface area contributed by atoms with Crippen molar-refractivity contribution in [2.45, 2.75) is 64.2 Å². The predicted octanol–water partition coefficient (Wildman–Crippen LogP) is 5.29. The van der Waals surface area contributed by atoms with Crippen molar-refractivity contribution < 1.29 is 9.53 Å². The Hall–Kier alpha value is -1.05. The Morgan fingerprint density at radius 1 is 0.955 bits per heavy atom. The highest BCUT2D eigenvalue weighted by molar-refractivity contribution is 5.81. The smallest absolute Gasteiger partial charge is 0.330 e. The van der Waals surface area contributed by atoms with Gasteiger partial charge in [0.2, 0.25) is 0 Å². The lowest BCUT2D eigenvalue weighted by Crippen LogP contribution is -2.25. The highest BCUT2D eigenvalue weighted by atomic mass is 16.5. The molecule has 0 aliphatic heterocycles. The molecular formula is C20H32O2. The van der Waals surface area contributed by atoms with Gasteiger partial charge in [-0.3, -0.25) is 0 Å². The summed E-state index contributed by atoms with van der Waals surface area (Å²) in [5.41, 5.74) is 0. The third kappa shape index (κ3) is 5.30. The number of hydrogen-bond donors (Lipinski definition) is 0. The van der Waals surface area contributed by atoms with E-state index < -0.39 is 0 Å². The van der Waals surface area contributed by atoms with E-state index in [4.69, 9.17) is 4.74 Å². The first-order valence-corrected chi connectivity index (χ1v) is 9.14. The van der Waals surface area contributed by atoms with Crippen molar-refractivity contribution in [1.82, 2.24) is 0 Å². The van der Waals surface area contributed by atoms with Crippen LogP contribution in [0.2, 0.25) is 0 Å². The fraction of sp³-hybridized carbons (Fsp3) is 0.750. The number of esters is 1. The molecule has 124 valence electrons. The minimum absolute atomic E-state index is 0.293. The normalized spacial score (nSPS) is 32.2. The molecule has 2 nitrogen and oxygen atoms in total.